The van der Waals surface area contributed by atoms with Crippen LogP contribution in [0.25, 0.3) is 10.9 Å². The summed E-state index contributed by atoms with van der Waals surface area (Å²) in [6, 6.07) is 14.5. The molecule has 30 heavy (non-hydrogen) atoms. The number of nitrogens with zero attached hydrogens (tertiary/aromatic N) is 2. The number of hydrogen-bond acceptors (Lipinski definition) is 6. The van der Waals surface area contributed by atoms with E-state index in [1.54, 1.807) is 18.2 Å². The fourth-order valence-electron chi connectivity index (χ4n) is 3.56. The quantitative estimate of drug-likeness (QED) is 0.556. The summed E-state index contributed by atoms with van der Waals surface area (Å²) < 4.78 is 4.76. The van der Waals surface area contributed by atoms with Crippen LogP contribution in [0.15, 0.2) is 53.3 Å². The third kappa shape index (κ3) is 4.93. The highest BCUT2D eigenvalue weighted by molar-refractivity contribution is 5.93. The molecule has 0 bridgehead atoms. The zero-order chi connectivity index (χ0) is 21.7. The number of hydrogen-bond donors (Lipinski definition) is 2. The number of methoxy groups -OCH3 is 1. The van der Waals surface area contributed by atoms with E-state index in [2.05, 4.69) is 28.7 Å². The molecule has 0 spiro atoms. The minimum atomic E-state index is -0.480. The summed E-state index contributed by atoms with van der Waals surface area (Å²) >= 11 is 0. The number of nitrogens with one attached hydrogen (secondary N) is 1. The molecule has 3 aromatic rings. The zero-order valence-corrected chi connectivity index (χ0v) is 17.5. The number of aromatic nitrogens is 2. The highest BCUT2D eigenvalue weighted by Crippen LogP contribution is 2.18. The molecule has 2 aromatic carbocycles. The van der Waals surface area contributed by atoms with Crippen LogP contribution in [-0.4, -0.2) is 45.7 Å². The Kier molecular flexibility index (Phi) is 6.97. The number of aliphatic hydroxyl groups excluding tert-OH is 1. The summed E-state index contributed by atoms with van der Waals surface area (Å²) in [7, 11) is 1.31. The number of aliphatic hydroxyl groups is 1. The van der Waals surface area contributed by atoms with Gasteiger partial charge in [-0.2, -0.15) is 0 Å². The van der Waals surface area contributed by atoms with Crippen molar-refractivity contribution in [1.82, 2.24) is 14.9 Å². The first kappa shape index (κ1) is 21.7. The number of rotatable bonds is 8. The predicted molar refractivity (Wildman–Crippen MR) is 115 cm³/mol. The van der Waals surface area contributed by atoms with Gasteiger partial charge in [-0.1, -0.05) is 44.2 Å². The number of fused-ring (bicyclic) bond motifs is 1. The molecule has 0 aliphatic rings. The number of carbonyl (C=O) groups is 1. The Labute approximate surface area is 175 Å². The highest BCUT2D eigenvalue weighted by Gasteiger charge is 2.23. The minimum Gasteiger partial charge on any atom is -0.465 e. The van der Waals surface area contributed by atoms with Crippen LogP contribution in [-0.2, 0) is 17.8 Å². The highest BCUT2D eigenvalue weighted by atomic mass is 16.5. The van der Waals surface area contributed by atoms with E-state index >= 15 is 0 Å². The molecule has 2 N–H and O–H groups in total. The Hall–Kier alpha value is -3.03. The van der Waals surface area contributed by atoms with Crippen molar-refractivity contribution >= 4 is 16.9 Å². The van der Waals surface area contributed by atoms with Crippen LogP contribution in [0.5, 0.6) is 0 Å². The molecular weight excluding hydrogens is 382 g/mol. The maximum absolute atomic E-state index is 12.6. The van der Waals surface area contributed by atoms with Gasteiger partial charge in [0.25, 0.3) is 5.56 Å². The van der Waals surface area contributed by atoms with Gasteiger partial charge in [-0.3, -0.25) is 9.69 Å². The lowest BCUT2D eigenvalue weighted by molar-refractivity contribution is 0.0600. The van der Waals surface area contributed by atoms with E-state index in [1.165, 1.54) is 7.11 Å². The summed E-state index contributed by atoms with van der Waals surface area (Å²) in [6.45, 7) is 5.06. The zero-order valence-electron chi connectivity index (χ0n) is 17.5. The van der Waals surface area contributed by atoms with Crippen molar-refractivity contribution in [3.8, 4) is 0 Å². The van der Waals surface area contributed by atoms with E-state index in [0.29, 0.717) is 35.4 Å². The van der Waals surface area contributed by atoms with Gasteiger partial charge in [-0.15, -0.1) is 0 Å². The van der Waals surface area contributed by atoms with Crippen molar-refractivity contribution < 1.29 is 14.6 Å². The smallest absolute Gasteiger partial charge is 0.337 e. The molecule has 0 aliphatic heterocycles. The number of H-pyrrole nitrogens is 1. The van der Waals surface area contributed by atoms with Gasteiger partial charge in [-0.25, -0.2) is 9.78 Å². The maximum Gasteiger partial charge on any atom is 0.337 e. The van der Waals surface area contributed by atoms with Crippen LogP contribution in [0.3, 0.4) is 0 Å². The fourth-order valence-corrected chi connectivity index (χ4v) is 3.56. The summed E-state index contributed by atoms with van der Waals surface area (Å²) in [6.07, 6.45) is 0. The van der Waals surface area contributed by atoms with E-state index in [4.69, 9.17) is 4.74 Å². The van der Waals surface area contributed by atoms with Crippen LogP contribution < -0.4 is 5.56 Å². The molecule has 1 aromatic heterocycles. The first-order chi connectivity index (χ1) is 14.4. The van der Waals surface area contributed by atoms with Gasteiger partial charge in [-0.05, 0) is 29.7 Å². The molecule has 7 nitrogen and oxygen atoms in total. The van der Waals surface area contributed by atoms with E-state index < -0.39 is 5.97 Å². The van der Waals surface area contributed by atoms with Crippen molar-refractivity contribution in [1.29, 1.82) is 0 Å². The van der Waals surface area contributed by atoms with E-state index in [-0.39, 0.29) is 24.1 Å². The first-order valence-electron chi connectivity index (χ1n) is 9.93. The second-order valence-corrected chi connectivity index (χ2v) is 7.62. The lowest BCUT2D eigenvalue weighted by Crippen LogP contribution is -2.41. The van der Waals surface area contributed by atoms with Gasteiger partial charge in [0.15, 0.2) is 0 Å². The molecule has 0 radical (unpaired) electrons. The van der Waals surface area contributed by atoms with Gasteiger partial charge in [0.05, 0.1) is 36.7 Å². The SMILES string of the molecule is COC(=O)c1ccc2c(=O)[nH]c(CN(Cc3ccccc3)C(CO)C(C)C)nc2c1. The third-order valence-corrected chi connectivity index (χ3v) is 5.18. The normalized spacial score (nSPS) is 12.5. The van der Waals surface area contributed by atoms with Crippen molar-refractivity contribution in [2.75, 3.05) is 13.7 Å². The second-order valence-electron chi connectivity index (χ2n) is 7.62. The van der Waals surface area contributed by atoms with E-state index in [9.17, 15) is 14.7 Å². The van der Waals surface area contributed by atoms with Crippen LogP contribution in [0.4, 0.5) is 0 Å². The Balaban J connectivity index is 1.97. The number of ether oxygens (including phenoxy) is 1. The van der Waals surface area contributed by atoms with Crippen LogP contribution in [0, 0.1) is 5.92 Å². The molecule has 0 amide bonds. The Morgan fingerprint density at radius 2 is 1.90 bits per heavy atom. The van der Waals surface area contributed by atoms with Gasteiger partial charge < -0.3 is 14.8 Å². The summed E-state index contributed by atoms with van der Waals surface area (Å²) in [5.41, 5.74) is 1.61. The second kappa shape index (κ2) is 9.65. The number of benzene rings is 2. The lowest BCUT2D eigenvalue weighted by atomic mass is 10.0. The standard InChI is InChI=1S/C23H27N3O4/c1-15(2)20(14-27)26(12-16-7-5-4-6-8-16)13-21-24-19-11-17(23(29)30-3)9-10-18(19)22(28)25-21/h4-11,15,20,27H,12-14H2,1-3H3,(H,24,25,28). The number of esters is 1. The Bertz CT molecular complexity index is 1060. The largest absolute Gasteiger partial charge is 0.465 e. The Morgan fingerprint density at radius 3 is 2.53 bits per heavy atom. The van der Waals surface area contributed by atoms with Gasteiger partial charge in [0.1, 0.15) is 5.82 Å². The number of aromatic amines is 1. The summed E-state index contributed by atoms with van der Waals surface area (Å²) in [5.74, 6) is 0.202. The van der Waals surface area contributed by atoms with Gasteiger partial charge >= 0.3 is 5.97 Å². The van der Waals surface area contributed by atoms with Gasteiger partial charge in [0, 0.05) is 12.6 Å². The van der Waals surface area contributed by atoms with Crippen molar-refractivity contribution in [2.24, 2.45) is 5.92 Å². The Morgan fingerprint density at radius 1 is 1.17 bits per heavy atom. The third-order valence-electron chi connectivity index (χ3n) is 5.18. The summed E-state index contributed by atoms with van der Waals surface area (Å²) in [5, 5.41) is 10.4. The predicted octanol–water partition coefficient (Wildman–Crippen LogP) is 2.73. The molecule has 0 saturated heterocycles. The fraction of sp³-hybridized carbons (Fsp3) is 0.348. The van der Waals surface area contributed by atoms with Crippen LogP contribution in [0.1, 0.15) is 35.6 Å². The maximum atomic E-state index is 12.6. The van der Waals surface area contributed by atoms with E-state index in [0.717, 1.165) is 5.56 Å². The van der Waals surface area contributed by atoms with Crippen molar-refractivity contribution in [3.63, 3.8) is 0 Å². The average molecular weight is 409 g/mol. The molecule has 1 heterocycles. The molecule has 0 aliphatic carbocycles. The molecule has 0 fully saturated rings. The van der Waals surface area contributed by atoms with Gasteiger partial charge in [0.2, 0.25) is 0 Å². The van der Waals surface area contributed by atoms with Crippen LogP contribution >= 0.6 is 0 Å². The lowest BCUT2D eigenvalue weighted by Gasteiger charge is -2.33. The summed E-state index contributed by atoms with van der Waals surface area (Å²) in [4.78, 5) is 34.0. The molecular formula is C23H27N3O4. The minimum absolute atomic E-state index is 0.00516. The first-order valence-corrected chi connectivity index (χ1v) is 9.93. The van der Waals surface area contributed by atoms with E-state index in [1.807, 2.05) is 30.3 Å². The molecule has 1 atom stereocenters. The molecule has 0 saturated carbocycles. The van der Waals surface area contributed by atoms with Crippen LogP contribution in [0.2, 0.25) is 0 Å². The van der Waals surface area contributed by atoms with Crippen molar-refractivity contribution in [2.45, 2.75) is 33.0 Å². The average Bonchev–Trinajstić information content (AvgIpc) is 2.73. The number of carbonyl (C=O) groups excluding carboxylic acids is 1. The topological polar surface area (TPSA) is 95.5 Å². The van der Waals surface area contributed by atoms with Crippen molar-refractivity contribution in [3.05, 3.63) is 75.8 Å². The molecule has 1 unspecified atom stereocenters. The monoisotopic (exact) mass is 409 g/mol. The molecule has 3 rings (SSSR count). The molecule has 7 heteroatoms. The molecule has 158 valence electrons.